The van der Waals surface area contributed by atoms with Gasteiger partial charge in [-0.3, -0.25) is 4.79 Å². The first-order valence-corrected chi connectivity index (χ1v) is 7.99. The molecule has 0 spiro atoms. The number of carbonyl (C=O) groups excluding carboxylic acids is 1. The molecule has 0 aliphatic carbocycles. The van der Waals surface area contributed by atoms with Crippen LogP contribution in [-0.4, -0.2) is 19.1 Å². The van der Waals surface area contributed by atoms with Gasteiger partial charge < -0.3 is 14.8 Å². The molecule has 1 amide bonds. The van der Waals surface area contributed by atoms with E-state index in [1.807, 2.05) is 38.1 Å². The van der Waals surface area contributed by atoms with Gasteiger partial charge in [-0.2, -0.15) is 0 Å². The third kappa shape index (κ3) is 4.13. The average molecular weight is 411 g/mol. The Kier molecular flexibility index (Phi) is 5.65. The largest absolute Gasteiger partial charge is 0.496 e. The highest BCUT2D eigenvalue weighted by Crippen LogP contribution is 2.26. The van der Waals surface area contributed by atoms with Crippen LogP contribution in [0.3, 0.4) is 0 Å². The number of hydrogen-bond donors (Lipinski definition) is 1. The normalized spacial score (nSPS) is 10.4. The second-order valence-corrected chi connectivity index (χ2v) is 6.13. The molecule has 0 saturated heterocycles. The van der Waals surface area contributed by atoms with Crippen molar-refractivity contribution in [1.29, 1.82) is 0 Å². The van der Waals surface area contributed by atoms with Gasteiger partial charge in [0.25, 0.3) is 5.91 Å². The van der Waals surface area contributed by atoms with Crippen molar-refractivity contribution in [2.45, 2.75) is 20.0 Å². The van der Waals surface area contributed by atoms with E-state index in [-0.39, 0.29) is 12.0 Å². The summed E-state index contributed by atoms with van der Waals surface area (Å²) in [4.78, 5) is 12.4. The maximum atomic E-state index is 12.4. The molecule has 0 aliphatic heterocycles. The summed E-state index contributed by atoms with van der Waals surface area (Å²) in [5.41, 5.74) is 1.23. The molecule has 2 rings (SSSR count). The van der Waals surface area contributed by atoms with Crippen molar-refractivity contribution in [1.82, 2.24) is 0 Å². The minimum Gasteiger partial charge on any atom is -0.496 e. The molecule has 5 heteroatoms. The Labute approximate surface area is 144 Å². The number of nitrogens with one attached hydrogen (secondary N) is 1. The molecule has 0 heterocycles. The molecule has 0 unspecified atom stereocenters. The summed E-state index contributed by atoms with van der Waals surface area (Å²) in [7, 11) is 1.61. The zero-order chi connectivity index (χ0) is 16.1. The number of hydrogen-bond acceptors (Lipinski definition) is 3. The lowest BCUT2D eigenvalue weighted by Crippen LogP contribution is -2.14. The van der Waals surface area contributed by atoms with Gasteiger partial charge in [0.1, 0.15) is 11.5 Å². The zero-order valence-electron chi connectivity index (χ0n) is 12.7. The molecular weight excluding hydrogens is 393 g/mol. The van der Waals surface area contributed by atoms with Gasteiger partial charge in [-0.05, 0) is 66.8 Å². The van der Waals surface area contributed by atoms with Crippen LogP contribution in [0.25, 0.3) is 0 Å². The summed E-state index contributed by atoms with van der Waals surface area (Å²) in [6, 6.07) is 12.7. The van der Waals surface area contributed by atoms with Gasteiger partial charge in [0.15, 0.2) is 0 Å². The van der Waals surface area contributed by atoms with E-state index >= 15 is 0 Å². The molecule has 1 N–H and O–H groups in total. The van der Waals surface area contributed by atoms with E-state index in [0.29, 0.717) is 17.0 Å². The Bertz CT molecular complexity index is 671. The maximum absolute atomic E-state index is 12.4. The van der Waals surface area contributed by atoms with Crippen LogP contribution >= 0.6 is 22.6 Å². The number of ether oxygens (including phenoxy) is 2. The zero-order valence-corrected chi connectivity index (χ0v) is 14.9. The Balaban J connectivity index is 2.20. The monoisotopic (exact) mass is 411 g/mol. The number of methoxy groups -OCH3 is 1. The van der Waals surface area contributed by atoms with Crippen molar-refractivity contribution < 1.29 is 14.3 Å². The first-order chi connectivity index (χ1) is 10.5. The van der Waals surface area contributed by atoms with Crippen molar-refractivity contribution in [3.05, 3.63) is 51.6 Å². The molecule has 0 saturated carbocycles. The van der Waals surface area contributed by atoms with Gasteiger partial charge in [0.05, 0.1) is 22.5 Å². The highest BCUT2D eigenvalue weighted by Gasteiger charge is 2.12. The predicted octanol–water partition coefficient (Wildman–Crippen LogP) is 4.34. The Morgan fingerprint density at radius 1 is 1.14 bits per heavy atom. The lowest BCUT2D eigenvalue weighted by molar-refractivity contribution is 0.102. The average Bonchev–Trinajstić information content (AvgIpc) is 2.48. The Morgan fingerprint density at radius 3 is 2.50 bits per heavy atom. The summed E-state index contributed by atoms with van der Waals surface area (Å²) >= 11 is 2.14. The lowest BCUT2D eigenvalue weighted by Gasteiger charge is -2.15. The highest BCUT2D eigenvalue weighted by atomic mass is 127. The molecule has 0 bridgehead atoms. The number of halogens is 1. The van der Waals surface area contributed by atoms with Gasteiger partial charge in [0, 0.05) is 5.56 Å². The molecule has 2 aromatic carbocycles. The van der Waals surface area contributed by atoms with Crippen LogP contribution in [0.2, 0.25) is 0 Å². The van der Waals surface area contributed by atoms with Crippen molar-refractivity contribution in [3.8, 4) is 11.5 Å². The van der Waals surface area contributed by atoms with E-state index in [0.717, 1.165) is 9.32 Å². The number of carbonyl (C=O) groups is 1. The van der Waals surface area contributed by atoms with E-state index in [4.69, 9.17) is 9.47 Å². The van der Waals surface area contributed by atoms with Crippen molar-refractivity contribution in [2.75, 3.05) is 12.4 Å². The van der Waals surface area contributed by atoms with E-state index < -0.39 is 0 Å². The number of anilines is 1. The predicted molar refractivity (Wildman–Crippen MR) is 95.9 cm³/mol. The van der Waals surface area contributed by atoms with Crippen LogP contribution in [0.4, 0.5) is 5.69 Å². The lowest BCUT2D eigenvalue weighted by atomic mass is 10.2. The quantitative estimate of drug-likeness (QED) is 0.745. The molecule has 0 atom stereocenters. The SMILES string of the molecule is COc1ccc(C(=O)Nc2ccccc2OC(C)C)cc1I. The fraction of sp³-hybridized carbons (Fsp3) is 0.235. The van der Waals surface area contributed by atoms with Crippen LogP contribution < -0.4 is 14.8 Å². The van der Waals surface area contributed by atoms with E-state index in [9.17, 15) is 4.79 Å². The van der Waals surface area contributed by atoms with Gasteiger partial charge in [-0.15, -0.1) is 0 Å². The Morgan fingerprint density at radius 2 is 1.86 bits per heavy atom. The highest BCUT2D eigenvalue weighted by molar-refractivity contribution is 14.1. The minimum absolute atomic E-state index is 0.0417. The fourth-order valence-electron chi connectivity index (χ4n) is 1.93. The third-order valence-corrected chi connectivity index (χ3v) is 3.75. The molecule has 0 aromatic heterocycles. The summed E-state index contributed by atoms with van der Waals surface area (Å²) in [6.45, 7) is 3.90. The van der Waals surface area contributed by atoms with Gasteiger partial charge in [-0.1, -0.05) is 12.1 Å². The first kappa shape index (κ1) is 16.6. The number of rotatable bonds is 5. The smallest absolute Gasteiger partial charge is 0.255 e. The van der Waals surface area contributed by atoms with Crippen molar-refractivity contribution >= 4 is 34.2 Å². The standard InChI is InChI=1S/C17H18INO3/c1-11(2)22-16-7-5-4-6-14(16)19-17(20)12-8-9-15(21-3)13(18)10-12/h4-11H,1-3H3,(H,19,20). The number of para-hydroxylation sites is 2. The number of amides is 1. The van der Waals surface area contributed by atoms with E-state index in [1.165, 1.54) is 0 Å². The third-order valence-electron chi connectivity index (χ3n) is 2.91. The molecule has 0 radical (unpaired) electrons. The molecule has 0 fully saturated rings. The molecular formula is C17H18INO3. The van der Waals surface area contributed by atoms with Crippen LogP contribution in [0, 0.1) is 3.57 Å². The summed E-state index contributed by atoms with van der Waals surface area (Å²) < 4.78 is 11.8. The van der Waals surface area contributed by atoms with Gasteiger partial charge in [0.2, 0.25) is 0 Å². The van der Waals surface area contributed by atoms with Crippen molar-refractivity contribution in [2.24, 2.45) is 0 Å². The number of benzene rings is 2. The van der Waals surface area contributed by atoms with Gasteiger partial charge in [-0.25, -0.2) is 0 Å². The summed E-state index contributed by atoms with van der Waals surface area (Å²) in [5, 5.41) is 2.89. The molecule has 22 heavy (non-hydrogen) atoms. The maximum Gasteiger partial charge on any atom is 0.255 e. The second-order valence-electron chi connectivity index (χ2n) is 4.97. The molecule has 2 aromatic rings. The van der Waals surface area contributed by atoms with Crippen LogP contribution in [-0.2, 0) is 0 Å². The minimum atomic E-state index is -0.180. The van der Waals surface area contributed by atoms with E-state index in [1.54, 1.807) is 25.3 Å². The molecule has 0 aliphatic rings. The Hall–Kier alpha value is -1.76. The first-order valence-electron chi connectivity index (χ1n) is 6.92. The van der Waals surface area contributed by atoms with E-state index in [2.05, 4.69) is 27.9 Å². The summed E-state index contributed by atoms with van der Waals surface area (Å²) in [5.74, 6) is 1.23. The van der Waals surface area contributed by atoms with Crippen LogP contribution in [0.15, 0.2) is 42.5 Å². The second kappa shape index (κ2) is 7.49. The fourth-order valence-corrected chi connectivity index (χ4v) is 2.66. The van der Waals surface area contributed by atoms with Crippen LogP contribution in [0.1, 0.15) is 24.2 Å². The van der Waals surface area contributed by atoms with Crippen molar-refractivity contribution in [3.63, 3.8) is 0 Å². The molecule has 116 valence electrons. The molecule has 4 nitrogen and oxygen atoms in total. The summed E-state index contributed by atoms with van der Waals surface area (Å²) in [6.07, 6.45) is 0.0417. The topological polar surface area (TPSA) is 47.6 Å². The van der Waals surface area contributed by atoms with Crippen LogP contribution in [0.5, 0.6) is 11.5 Å². The van der Waals surface area contributed by atoms with Gasteiger partial charge >= 0.3 is 0 Å².